The summed E-state index contributed by atoms with van der Waals surface area (Å²) in [6.45, 7) is 6.28. The van der Waals surface area contributed by atoms with Gasteiger partial charge in [-0.2, -0.15) is 0 Å². The molecule has 4 rings (SSSR count). The fraction of sp³-hybridized carbons (Fsp3) is 0.778. The number of ether oxygens (including phenoxy) is 2. The summed E-state index contributed by atoms with van der Waals surface area (Å²) >= 11 is 0. The van der Waals surface area contributed by atoms with Crippen molar-refractivity contribution in [3.63, 3.8) is 0 Å². The highest BCUT2D eigenvalue weighted by Gasteiger charge is 2.52. The molecular weight excluding hydrogens is 248 g/mol. The van der Waals surface area contributed by atoms with Gasteiger partial charge in [-0.15, -0.1) is 0 Å². The van der Waals surface area contributed by atoms with E-state index in [1.165, 1.54) is 25.7 Å². The molecular formula is C18H26O2. The van der Waals surface area contributed by atoms with Gasteiger partial charge in [0.1, 0.15) is 0 Å². The van der Waals surface area contributed by atoms with Crippen LogP contribution in [0, 0.1) is 17.3 Å². The second-order valence-corrected chi connectivity index (χ2v) is 7.29. The Balaban J connectivity index is 1.63. The molecule has 0 amide bonds. The van der Waals surface area contributed by atoms with Gasteiger partial charge < -0.3 is 9.47 Å². The molecule has 110 valence electrons. The standard InChI is InChI=1S/C18H26O2/c1-3-14-4-5-16-15-7-9-18(19-10-11-20-18)12-13(15)6-8-17(14,16)2/h3,6,15-16H,4-5,7-12H2,1-2H3/b14-3+/t15-,16+,17-/m1/s1. The van der Waals surface area contributed by atoms with Gasteiger partial charge in [0.15, 0.2) is 5.79 Å². The monoisotopic (exact) mass is 274 g/mol. The van der Waals surface area contributed by atoms with Crippen molar-refractivity contribution in [1.82, 2.24) is 0 Å². The number of allylic oxidation sites excluding steroid dienone is 3. The Hall–Kier alpha value is -0.600. The van der Waals surface area contributed by atoms with Gasteiger partial charge in [0.2, 0.25) is 0 Å². The fourth-order valence-electron chi connectivity index (χ4n) is 5.42. The minimum Gasteiger partial charge on any atom is -0.347 e. The molecule has 0 unspecified atom stereocenters. The van der Waals surface area contributed by atoms with Gasteiger partial charge in [0, 0.05) is 12.8 Å². The molecule has 3 aliphatic carbocycles. The molecule has 1 saturated heterocycles. The lowest BCUT2D eigenvalue weighted by Crippen LogP contribution is -2.42. The van der Waals surface area contributed by atoms with Gasteiger partial charge >= 0.3 is 0 Å². The van der Waals surface area contributed by atoms with E-state index < -0.39 is 0 Å². The molecule has 1 aliphatic heterocycles. The molecule has 20 heavy (non-hydrogen) atoms. The largest absolute Gasteiger partial charge is 0.347 e. The first-order valence-electron chi connectivity index (χ1n) is 8.29. The van der Waals surface area contributed by atoms with E-state index in [1.807, 2.05) is 0 Å². The topological polar surface area (TPSA) is 18.5 Å². The summed E-state index contributed by atoms with van der Waals surface area (Å²) < 4.78 is 11.9. The van der Waals surface area contributed by atoms with Gasteiger partial charge in [0.25, 0.3) is 0 Å². The molecule has 0 aromatic heterocycles. The number of fused-ring (bicyclic) bond motifs is 3. The highest BCUT2D eigenvalue weighted by Crippen LogP contribution is 2.60. The highest BCUT2D eigenvalue weighted by molar-refractivity contribution is 5.30. The Labute approximate surface area is 122 Å². The Bertz CT molecular complexity index is 470. The van der Waals surface area contributed by atoms with Crippen LogP contribution in [0.1, 0.15) is 52.4 Å². The lowest BCUT2D eigenvalue weighted by Gasteiger charge is -2.47. The second-order valence-electron chi connectivity index (χ2n) is 7.29. The number of hydrogen-bond acceptors (Lipinski definition) is 2. The van der Waals surface area contributed by atoms with Crippen molar-refractivity contribution < 1.29 is 9.47 Å². The Morgan fingerprint density at radius 1 is 1.25 bits per heavy atom. The minimum absolute atomic E-state index is 0.252. The van der Waals surface area contributed by atoms with Gasteiger partial charge in [-0.05, 0) is 49.9 Å². The maximum Gasteiger partial charge on any atom is 0.172 e. The van der Waals surface area contributed by atoms with E-state index in [1.54, 1.807) is 11.1 Å². The normalized spacial score (nSPS) is 44.5. The summed E-state index contributed by atoms with van der Waals surface area (Å²) in [5.41, 5.74) is 3.77. The molecule has 0 bridgehead atoms. The zero-order valence-corrected chi connectivity index (χ0v) is 12.8. The first-order chi connectivity index (χ1) is 9.67. The average molecular weight is 274 g/mol. The molecule has 4 aliphatic rings. The predicted molar refractivity (Wildman–Crippen MR) is 79.3 cm³/mol. The van der Waals surface area contributed by atoms with Crippen molar-refractivity contribution >= 4 is 0 Å². The first-order valence-corrected chi connectivity index (χ1v) is 8.29. The van der Waals surface area contributed by atoms with Crippen LogP contribution >= 0.6 is 0 Å². The maximum absolute atomic E-state index is 5.93. The molecule has 1 heterocycles. The van der Waals surface area contributed by atoms with E-state index in [9.17, 15) is 0 Å². The smallest absolute Gasteiger partial charge is 0.172 e. The van der Waals surface area contributed by atoms with Crippen molar-refractivity contribution in [3.8, 4) is 0 Å². The van der Waals surface area contributed by atoms with Crippen molar-refractivity contribution in [2.75, 3.05) is 13.2 Å². The van der Waals surface area contributed by atoms with Crippen LogP contribution in [-0.2, 0) is 9.47 Å². The lowest BCUT2D eigenvalue weighted by molar-refractivity contribution is -0.174. The molecule has 2 heteroatoms. The summed E-state index contributed by atoms with van der Waals surface area (Å²) in [6, 6.07) is 0. The summed E-state index contributed by atoms with van der Waals surface area (Å²) in [5.74, 6) is 1.38. The third-order valence-electron chi connectivity index (χ3n) is 6.50. The summed E-state index contributed by atoms with van der Waals surface area (Å²) in [4.78, 5) is 0. The first kappa shape index (κ1) is 13.1. The van der Waals surface area contributed by atoms with Crippen LogP contribution in [0.3, 0.4) is 0 Å². The van der Waals surface area contributed by atoms with Crippen LogP contribution in [0.15, 0.2) is 23.3 Å². The molecule has 3 fully saturated rings. The number of hydrogen-bond donors (Lipinski definition) is 0. The average Bonchev–Trinajstić information content (AvgIpc) is 3.03. The number of rotatable bonds is 0. The van der Waals surface area contributed by atoms with Crippen LogP contribution in [-0.4, -0.2) is 19.0 Å². The van der Waals surface area contributed by atoms with Crippen molar-refractivity contribution in [2.24, 2.45) is 17.3 Å². The fourth-order valence-corrected chi connectivity index (χ4v) is 5.42. The Morgan fingerprint density at radius 3 is 2.80 bits per heavy atom. The van der Waals surface area contributed by atoms with E-state index in [2.05, 4.69) is 26.0 Å². The molecule has 2 saturated carbocycles. The molecule has 1 spiro atoms. The van der Waals surface area contributed by atoms with Crippen LogP contribution in [0.2, 0.25) is 0 Å². The van der Waals surface area contributed by atoms with Gasteiger partial charge in [-0.3, -0.25) is 0 Å². The van der Waals surface area contributed by atoms with E-state index in [0.717, 1.165) is 37.9 Å². The quantitative estimate of drug-likeness (QED) is 0.616. The van der Waals surface area contributed by atoms with E-state index in [0.29, 0.717) is 5.41 Å². The zero-order chi connectivity index (χ0) is 13.8. The molecule has 0 radical (unpaired) electrons. The Kier molecular flexibility index (Phi) is 2.91. The predicted octanol–water partition coefficient (Wildman–Crippen LogP) is 4.22. The third kappa shape index (κ3) is 1.70. The SMILES string of the molecule is C/C=C1\CC[C@H]2[C@@H]3CCC4(CC3=CC[C@]12C)OCCO4. The van der Waals surface area contributed by atoms with Crippen molar-refractivity contribution in [2.45, 2.75) is 58.2 Å². The van der Waals surface area contributed by atoms with Crippen LogP contribution < -0.4 is 0 Å². The van der Waals surface area contributed by atoms with Gasteiger partial charge in [0.05, 0.1) is 13.2 Å². The molecule has 0 aromatic rings. The van der Waals surface area contributed by atoms with Crippen LogP contribution in [0.5, 0.6) is 0 Å². The lowest BCUT2D eigenvalue weighted by atomic mass is 9.59. The van der Waals surface area contributed by atoms with Crippen LogP contribution in [0.4, 0.5) is 0 Å². The maximum atomic E-state index is 5.93. The van der Waals surface area contributed by atoms with E-state index >= 15 is 0 Å². The second kappa shape index (κ2) is 4.45. The third-order valence-corrected chi connectivity index (χ3v) is 6.50. The molecule has 0 aromatic carbocycles. The zero-order valence-electron chi connectivity index (χ0n) is 12.8. The van der Waals surface area contributed by atoms with Crippen molar-refractivity contribution in [3.05, 3.63) is 23.3 Å². The minimum atomic E-state index is -0.252. The van der Waals surface area contributed by atoms with Gasteiger partial charge in [-0.1, -0.05) is 30.2 Å². The van der Waals surface area contributed by atoms with E-state index in [4.69, 9.17) is 9.47 Å². The summed E-state index contributed by atoms with van der Waals surface area (Å²) in [5, 5.41) is 0. The summed E-state index contributed by atoms with van der Waals surface area (Å²) in [6.07, 6.45) is 12.2. The molecule has 0 N–H and O–H groups in total. The highest BCUT2D eigenvalue weighted by atomic mass is 16.7. The molecule has 3 atom stereocenters. The van der Waals surface area contributed by atoms with Gasteiger partial charge in [-0.25, -0.2) is 0 Å². The molecule has 2 nitrogen and oxygen atoms in total. The van der Waals surface area contributed by atoms with Crippen LogP contribution in [0.25, 0.3) is 0 Å². The van der Waals surface area contributed by atoms with E-state index in [-0.39, 0.29) is 5.79 Å². The summed E-state index contributed by atoms with van der Waals surface area (Å²) in [7, 11) is 0. The van der Waals surface area contributed by atoms with Crippen molar-refractivity contribution in [1.29, 1.82) is 0 Å². The Morgan fingerprint density at radius 2 is 2.05 bits per heavy atom.